The second-order valence-corrected chi connectivity index (χ2v) is 13.4. The average Bonchev–Trinajstić information content (AvgIpc) is 2.90. The van der Waals surface area contributed by atoms with Gasteiger partial charge in [0.15, 0.2) is 0 Å². The molecule has 2 aliphatic rings. The quantitative estimate of drug-likeness (QED) is 0.415. The van der Waals surface area contributed by atoms with Crippen molar-refractivity contribution in [3.63, 3.8) is 0 Å². The van der Waals surface area contributed by atoms with Crippen LogP contribution in [0.1, 0.15) is 18.4 Å². The van der Waals surface area contributed by atoms with Gasteiger partial charge >= 0.3 is 5.97 Å². The lowest BCUT2D eigenvalue weighted by atomic mass is 9.94. The lowest BCUT2D eigenvalue weighted by Crippen LogP contribution is -2.66. The number of aliphatic carboxylic acids is 1. The van der Waals surface area contributed by atoms with Gasteiger partial charge in [-0.25, -0.2) is 17.4 Å². The Morgan fingerprint density at radius 1 is 1.10 bits per heavy atom. The lowest BCUT2D eigenvalue weighted by molar-refractivity contribution is -0.164. The second-order valence-electron chi connectivity index (χ2n) is 9.60. The molecule has 0 bridgehead atoms. The van der Waals surface area contributed by atoms with Gasteiger partial charge < -0.3 is 14.9 Å². The molecule has 0 saturated carbocycles. The number of carboxylic acids is 1. The minimum Gasteiger partial charge on any atom is -0.480 e. The maximum atomic E-state index is 13.6. The van der Waals surface area contributed by atoms with Gasteiger partial charge in [0.2, 0.25) is 16.3 Å². The van der Waals surface area contributed by atoms with Crippen molar-refractivity contribution in [2.45, 2.75) is 25.1 Å². The van der Waals surface area contributed by atoms with Crippen LogP contribution in [0.15, 0.2) is 54.2 Å². The van der Waals surface area contributed by atoms with E-state index in [2.05, 4.69) is 9.88 Å². The van der Waals surface area contributed by atoms with E-state index in [1.807, 2.05) is 12.1 Å². The van der Waals surface area contributed by atoms with Crippen molar-refractivity contribution < 1.29 is 35.7 Å². The predicted octanol–water partition coefficient (Wildman–Crippen LogP) is 1.85. The maximum Gasteiger partial charge on any atom is 0.327 e. The predicted molar refractivity (Wildman–Crippen MR) is 148 cm³/mol. The van der Waals surface area contributed by atoms with Gasteiger partial charge in [-0.2, -0.15) is 12.7 Å². The zero-order chi connectivity index (χ0) is 29.1. The number of sulfonamides is 1. The summed E-state index contributed by atoms with van der Waals surface area (Å²) in [6.07, 6.45) is 4.50. The Balaban J connectivity index is 1.56. The van der Waals surface area contributed by atoms with Crippen LogP contribution in [0, 0.1) is 5.92 Å². The Kier molecular flexibility index (Phi) is 9.15. The highest BCUT2D eigenvalue weighted by atomic mass is 35.5. The number of anilines is 1. The fourth-order valence-corrected chi connectivity index (χ4v) is 6.66. The molecule has 2 aliphatic heterocycles. The molecule has 4 rings (SSSR count). The lowest BCUT2D eigenvalue weighted by Gasteiger charge is -2.44. The topological polar surface area (TPSA) is 154 Å². The van der Waals surface area contributed by atoms with E-state index < -0.39 is 50.8 Å². The minimum atomic E-state index is -4.50. The third kappa shape index (κ3) is 7.37. The van der Waals surface area contributed by atoms with Gasteiger partial charge in [-0.3, -0.25) is 9.78 Å². The Hall–Kier alpha value is -3.04. The molecule has 0 radical (unpaired) electrons. The summed E-state index contributed by atoms with van der Waals surface area (Å²) in [7, 11) is -8.80. The first-order valence-electron chi connectivity index (χ1n) is 12.4. The first-order valence-corrected chi connectivity index (χ1v) is 16.1. The number of carbonyl (C=O) groups is 2. The number of nitrogens with zero attached hydrogens (tertiary/aromatic N) is 4. The number of hydrogen-bond acceptors (Lipinski definition) is 9. The molecule has 40 heavy (non-hydrogen) atoms. The van der Waals surface area contributed by atoms with Crippen LogP contribution in [0.25, 0.3) is 6.08 Å². The summed E-state index contributed by atoms with van der Waals surface area (Å²) in [5.74, 6) is -2.55. The summed E-state index contributed by atoms with van der Waals surface area (Å²) in [6.45, 7) is 0.643. The number of rotatable bonds is 9. The van der Waals surface area contributed by atoms with E-state index in [-0.39, 0.29) is 12.5 Å². The number of piperidine rings is 1. The Morgan fingerprint density at radius 2 is 1.73 bits per heavy atom. The molecule has 2 fully saturated rings. The van der Waals surface area contributed by atoms with Crippen molar-refractivity contribution in [3.05, 3.63) is 64.8 Å². The third-order valence-electron chi connectivity index (χ3n) is 6.76. The summed E-state index contributed by atoms with van der Waals surface area (Å²) < 4.78 is 56.0. The van der Waals surface area contributed by atoms with Gasteiger partial charge in [0, 0.05) is 54.7 Å². The summed E-state index contributed by atoms with van der Waals surface area (Å²) in [5.41, 5.74) is 1.46. The number of aromatic nitrogens is 1. The maximum absolute atomic E-state index is 13.6. The highest BCUT2D eigenvalue weighted by Crippen LogP contribution is 2.29. The van der Waals surface area contributed by atoms with Gasteiger partial charge in [-0.1, -0.05) is 23.7 Å². The van der Waals surface area contributed by atoms with Crippen molar-refractivity contribution in [1.29, 1.82) is 0 Å². The molecular formula is C25H29ClN4O8S2. The molecule has 216 valence electrons. The molecule has 1 aromatic carbocycles. The van der Waals surface area contributed by atoms with Crippen molar-refractivity contribution in [2.24, 2.45) is 5.92 Å². The average molecular weight is 613 g/mol. The summed E-state index contributed by atoms with van der Waals surface area (Å²) in [4.78, 5) is 33.0. The zero-order valence-electron chi connectivity index (χ0n) is 21.5. The van der Waals surface area contributed by atoms with E-state index in [1.165, 1.54) is 6.08 Å². The first kappa shape index (κ1) is 29.9. The molecule has 2 unspecified atom stereocenters. The van der Waals surface area contributed by atoms with Crippen molar-refractivity contribution >= 4 is 55.4 Å². The van der Waals surface area contributed by atoms with E-state index in [0.29, 0.717) is 47.1 Å². The number of piperazine rings is 1. The summed E-state index contributed by atoms with van der Waals surface area (Å²) in [6, 6.07) is 8.45. The van der Waals surface area contributed by atoms with Crippen molar-refractivity contribution in [3.8, 4) is 0 Å². The molecule has 0 aliphatic carbocycles. The van der Waals surface area contributed by atoms with Gasteiger partial charge in [-0.05, 0) is 54.7 Å². The van der Waals surface area contributed by atoms with Crippen LogP contribution in [-0.4, -0.2) is 92.7 Å². The van der Waals surface area contributed by atoms with Crippen LogP contribution in [0.4, 0.5) is 5.69 Å². The number of halogens is 1. The fraction of sp³-hybridized carbons (Fsp3) is 0.400. The highest BCUT2D eigenvalue weighted by Gasteiger charge is 2.50. The van der Waals surface area contributed by atoms with Crippen molar-refractivity contribution in [1.82, 2.24) is 14.2 Å². The van der Waals surface area contributed by atoms with Crippen LogP contribution in [-0.2, 0) is 33.9 Å². The van der Waals surface area contributed by atoms with E-state index in [4.69, 9.17) is 15.8 Å². The smallest absolute Gasteiger partial charge is 0.327 e. The molecule has 1 amide bonds. The van der Waals surface area contributed by atoms with Crippen LogP contribution < -0.4 is 4.90 Å². The highest BCUT2D eigenvalue weighted by molar-refractivity contribution is 7.92. The molecule has 1 N–H and O–H groups in total. The summed E-state index contributed by atoms with van der Waals surface area (Å²) in [5, 5.41) is 11.2. The number of pyridine rings is 1. The molecule has 12 nitrogen and oxygen atoms in total. The van der Waals surface area contributed by atoms with Gasteiger partial charge in [0.05, 0.1) is 6.26 Å². The Labute approximate surface area is 238 Å². The standard InChI is InChI=1S/C25H29ClN4O8S2/c1-39(34,35)38-24-23(31)29(16-19-8-13-28(14-9-19)21-6-11-27-12-7-21)22(25(32)33)17-30(24)40(36,37)15-10-18-2-4-20(26)5-3-18/h2-7,10-12,15,19,22,24H,8-9,13-14,16-17H2,1H3,(H,32,33)/b15-10+. The van der Waals surface area contributed by atoms with E-state index in [9.17, 15) is 31.5 Å². The van der Waals surface area contributed by atoms with E-state index in [0.717, 1.165) is 16.0 Å². The minimum absolute atomic E-state index is 0.0120. The van der Waals surface area contributed by atoms with E-state index in [1.54, 1.807) is 36.7 Å². The molecule has 2 aromatic rings. The Morgan fingerprint density at radius 3 is 2.30 bits per heavy atom. The molecule has 3 heterocycles. The largest absolute Gasteiger partial charge is 0.480 e. The number of hydrogen-bond donors (Lipinski definition) is 1. The molecule has 0 spiro atoms. The Bertz CT molecular complexity index is 1460. The van der Waals surface area contributed by atoms with Crippen LogP contribution in [0.3, 0.4) is 0 Å². The number of amides is 1. The van der Waals surface area contributed by atoms with Gasteiger partial charge in [-0.15, -0.1) is 0 Å². The summed E-state index contributed by atoms with van der Waals surface area (Å²) >= 11 is 5.86. The number of carbonyl (C=O) groups excluding carboxylic acids is 1. The van der Waals surface area contributed by atoms with Gasteiger partial charge in [0.25, 0.3) is 16.0 Å². The third-order valence-corrected chi connectivity index (χ3v) is 9.02. The van der Waals surface area contributed by atoms with Gasteiger partial charge in [0.1, 0.15) is 6.04 Å². The monoisotopic (exact) mass is 612 g/mol. The first-order chi connectivity index (χ1) is 18.8. The van der Waals surface area contributed by atoms with Crippen molar-refractivity contribution in [2.75, 3.05) is 37.3 Å². The van der Waals surface area contributed by atoms with E-state index >= 15 is 0 Å². The molecule has 1 aromatic heterocycles. The molecular weight excluding hydrogens is 584 g/mol. The van der Waals surface area contributed by atoms with Crippen LogP contribution in [0.5, 0.6) is 0 Å². The number of carboxylic acid groups (broad SMARTS) is 1. The van der Waals surface area contributed by atoms with Crippen LogP contribution >= 0.6 is 11.6 Å². The zero-order valence-corrected chi connectivity index (χ0v) is 23.9. The molecule has 2 atom stereocenters. The SMILES string of the molecule is CS(=O)(=O)OC1C(=O)N(CC2CCN(c3ccncc3)CC2)C(C(=O)O)CN1S(=O)(=O)/C=C/c1ccc(Cl)cc1. The van der Waals surface area contributed by atoms with Crippen LogP contribution in [0.2, 0.25) is 5.02 Å². The number of benzene rings is 1. The normalized spacial score (nSPS) is 21.7. The molecule has 2 saturated heterocycles. The fourth-order valence-electron chi connectivity index (χ4n) is 4.73. The molecule has 15 heteroatoms. The second kappa shape index (κ2) is 12.2.